The fourth-order valence-corrected chi connectivity index (χ4v) is 3.92. The normalized spacial score (nSPS) is 14.5. The Hall–Kier alpha value is -1.41. The third kappa shape index (κ3) is 4.29. The lowest BCUT2D eigenvalue weighted by Crippen LogP contribution is -2.41. The predicted octanol–water partition coefficient (Wildman–Crippen LogP) is 5.19. The minimum absolute atomic E-state index is 0.480. The first-order valence-electron chi connectivity index (χ1n) is 8.92. The molecule has 0 saturated heterocycles. The highest BCUT2D eigenvalue weighted by Gasteiger charge is 2.24. The summed E-state index contributed by atoms with van der Waals surface area (Å²) in [4.78, 5) is 4.68. The molecule has 0 unspecified atom stereocenters. The first kappa shape index (κ1) is 14.2. The number of rotatable bonds is 3. The van der Waals surface area contributed by atoms with E-state index in [1.165, 1.54) is 5.56 Å². The van der Waals surface area contributed by atoms with Crippen LogP contribution in [0.1, 0.15) is 34.6 Å². The lowest BCUT2D eigenvalue weighted by atomic mass is 9.88. The third-order valence-electron chi connectivity index (χ3n) is 3.54. The van der Waals surface area contributed by atoms with E-state index in [1.807, 2.05) is 45.2 Å². The Bertz CT molecular complexity index is 740. The maximum atomic E-state index is 8.80. The van der Waals surface area contributed by atoms with E-state index in [1.54, 1.807) is 0 Å². The second-order valence-electron chi connectivity index (χ2n) is 8.11. The topological polar surface area (TPSA) is 12.9 Å². The number of hydrogen-bond acceptors (Lipinski definition) is 1. The van der Waals surface area contributed by atoms with Crippen LogP contribution >= 0.6 is 0 Å². The zero-order valence-corrected chi connectivity index (χ0v) is 15.9. The fourth-order valence-electron chi connectivity index (χ4n) is 2.52. The molecule has 1 heterocycles. The third-order valence-corrected chi connectivity index (χ3v) is 5.55. The van der Waals surface area contributed by atoms with Crippen molar-refractivity contribution in [3.8, 4) is 11.3 Å². The van der Waals surface area contributed by atoms with Crippen molar-refractivity contribution < 1.29 is 2.74 Å². The Morgan fingerprint density at radius 3 is 2.36 bits per heavy atom. The van der Waals surface area contributed by atoms with Crippen molar-refractivity contribution in [3.05, 3.63) is 47.7 Å². The first-order chi connectivity index (χ1) is 10.8. The van der Waals surface area contributed by atoms with Crippen LogP contribution < -0.4 is 5.19 Å². The van der Waals surface area contributed by atoms with Gasteiger partial charge in [0.05, 0.1) is 13.8 Å². The monoisotopic (exact) mass is 313 g/mol. The molecular weight excluding hydrogens is 282 g/mol. The van der Waals surface area contributed by atoms with Gasteiger partial charge in [-0.2, -0.15) is 0 Å². The van der Waals surface area contributed by atoms with Gasteiger partial charge < -0.3 is 0 Å². The molecule has 1 nitrogen and oxygen atoms in total. The molecule has 0 amide bonds. The summed E-state index contributed by atoms with van der Waals surface area (Å²) < 4.78 is 17.6. The van der Waals surface area contributed by atoms with Crippen LogP contribution in [0.2, 0.25) is 19.6 Å². The van der Waals surface area contributed by atoms with Crippen LogP contribution in [-0.4, -0.2) is 13.1 Å². The molecule has 0 aliphatic carbocycles. The van der Waals surface area contributed by atoms with E-state index in [2.05, 4.69) is 43.7 Å². The van der Waals surface area contributed by atoms with Gasteiger partial charge in [0, 0.05) is 14.5 Å². The molecule has 0 bridgehead atoms. The van der Waals surface area contributed by atoms with E-state index in [0.717, 1.165) is 22.0 Å². The lowest BCUT2D eigenvalue weighted by molar-refractivity contribution is 0.412. The number of aromatic nitrogens is 1. The Kier molecular flexibility index (Phi) is 3.87. The predicted molar refractivity (Wildman–Crippen MR) is 101 cm³/mol. The van der Waals surface area contributed by atoms with Crippen LogP contribution in [0.4, 0.5) is 0 Å². The lowest BCUT2D eigenvalue weighted by Gasteiger charge is -2.26. The quantitative estimate of drug-likeness (QED) is 0.711. The maximum Gasteiger partial charge on any atom is 0.0799 e. The van der Waals surface area contributed by atoms with Crippen LogP contribution in [0.5, 0.6) is 0 Å². The summed E-state index contributed by atoms with van der Waals surface area (Å²) in [6, 6.07) is 10.2. The molecular formula is C20H29NSi. The SMILES string of the molecule is [2H]C([2H])(c1cc(-c2cccc(C)c2)ncc1[Si](C)(C)C)C(C)(C)C. The van der Waals surface area contributed by atoms with Crippen molar-refractivity contribution in [3.63, 3.8) is 0 Å². The Morgan fingerprint density at radius 2 is 1.82 bits per heavy atom. The number of hydrogen-bond donors (Lipinski definition) is 0. The molecule has 0 aliphatic heterocycles. The fraction of sp³-hybridized carbons (Fsp3) is 0.450. The van der Waals surface area contributed by atoms with Crippen molar-refractivity contribution in [2.24, 2.45) is 5.41 Å². The molecule has 0 radical (unpaired) electrons. The molecule has 118 valence electrons. The van der Waals surface area contributed by atoms with Gasteiger partial charge in [-0.15, -0.1) is 0 Å². The molecule has 2 aromatic rings. The van der Waals surface area contributed by atoms with E-state index < -0.39 is 19.9 Å². The molecule has 0 atom stereocenters. The second kappa shape index (κ2) is 6.00. The highest BCUT2D eigenvalue weighted by Crippen LogP contribution is 2.25. The van der Waals surface area contributed by atoms with E-state index in [4.69, 9.17) is 2.74 Å². The van der Waals surface area contributed by atoms with Crippen LogP contribution in [0.3, 0.4) is 0 Å². The molecule has 2 heteroatoms. The number of aryl methyl sites for hydroxylation is 1. The highest BCUT2D eigenvalue weighted by molar-refractivity contribution is 6.89. The molecule has 0 spiro atoms. The molecule has 0 fully saturated rings. The van der Waals surface area contributed by atoms with E-state index >= 15 is 0 Å². The minimum Gasteiger partial charge on any atom is -0.256 e. The summed E-state index contributed by atoms with van der Waals surface area (Å²) in [7, 11) is -1.70. The zero-order valence-electron chi connectivity index (χ0n) is 16.9. The summed E-state index contributed by atoms with van der Waals surface area (Å²) >= 11 is 0. The molecule has 0 N–H and O–H groups in total. The first-order valence-corrected chi connectivity index (χ1v) is 11.4. The van der Waals surface area contributed by atoms with Crippen molar-refractivity contribution in [2.45, 2.75) is 53.7 Å². The van der Waals surface area contributed by atoms with Crippen molar-refractivity contribution in [1.29, 1.82) is 0 Å². The maximum absolute atomic E-state index is 8.80. The van der Waals surface area contributed by atoms with Crippen LogP contribution in [-0.2, 0) is 6.37 Å². The summed E-state index contributed by atoms with van der Waals surface area (Å²) in [5, 5.41) is 1.11. The van der Waals surface area contributed by atoms with Gasteiger partial charge in [-0.3, -0.25) is 4.98 Å². The zero-order chi connectivity index (χ0) is 18.3. The van der Waals surface area contributed by atoms with E-state index in [0.29, 0.717) is 0 Å². The molecule has 2 rings (SSSR count). The standard InChI is InChI=1S/C20H29NSi/c1-15-9-8-10-16(11-15)18-12-17(13-20(2,3)4)19(14-21-18)22(5,6)7/h8-12,14H,13H2,1-7H3/i13D2. The van der Waals surface area contributed by atoms with Crippen molar-refractivity contribution in [1.82, 2.24) is 4.98 Å². The van der Waals surface area contributed by atoms with Gasteiger partial charge in [-0.05, 0) is 41.6 Å². The van der Waals surface area contributed by atoms with Gasteiger partial charge in [-0.1, -0.05) is 64.2 Å². The van der Waals surface area contributed by atoms with Gasteiger partial charge in [0.25, 0.3) is 0 Å². The van der Waals surface area contributed by atoms with E-state index in [-0.39, 0.29) is 0 Å². The number of nitrogens with zero attached hydrogens (tertiary/aromatic N) is 1. The summed E-state index contributed by atoms with van der Waals surface area (Å²) in [6.07, 6.45) is 0.507. The van der Waals surface area contributed by atoms with Gasteiger partial charge >= 0.3 is 0 Å². The molecule has 1 aromatic carbocycles. The minimum atomic E-state index is -1.70. The van der Waals surface area contributed by atoms with Gasteiger partial charge in [0.1, 0.15) is 0 Å². The molecule has 0 aliphatic rings. The second-order valence-corrected chi connectivity index (χ2v) is 13.1. The average Bonchev–Trinajstić information content (AvgIpc) is 2.44. The molecule has 0 saturated carbocycles. The van der Waals surface area contributed by atoms with Gasteiger partial charge in [0.2, 0.25) is 0 Å². The number of pyridine rings is 1. The van der Waals surface area contributed by atoms with Crippen molar-refractivity contribution in [2.75, 3.05) is 0 Å². The number of benzene rings is 1. The molecule has 1 aromatic heterocycles. The average molecular weight is 314 g/mol. The van der Waals surface area contributed by atoms with Crippen molar-refractivity contribution >= 4 is 13.3 Å². The smallest absolute Gasteiger partial charge is 0.0799 e. The largest absolute Gasteiger partial charge is 0.256 e. The summed E-state index contributed by atoms with van der Waals surface area (Å²) in [5.74, 6) is 0. The molecule has 22 heavy (non-hydrogen) atoms. The Labute approximate surface area is 139 Å². The summed E-state index contributed by atoms with van der Waals surface area (Å²) in [5.41, 5.74) is 3.41. The Morgan fingerprint density at radius 1 is 1.14 bits per heavy atom. The van der Waals surface area contributed by atoms with Crippen LogP contribution in [0.15, 0.2) is 36.5 Å². The van der Waals surface area contributed by atoms with Crippen LogP contribution in [0.25, 0.3) is 11.3 Å². The van der Waals surface area contributed by atoms with Crippen LogP contribution in [0, 0.1) is 12.3 Å². The van der Waals surface area contributed by atoms with E-state index in [9.17, 15) is 0 Å². The Balaban J connectivity index is 2.72. The highest BCUT2D eigenvalue weighted by atomic mass is 28.3. The summed E-state index contributed by atoms with van der Waals surface area (Å²) in [6.45, 7) is 14.7. The van der Waals surface area contributed by atoms with Gasteiger partial charge in [-0.25, -0.2) is 0 Å². The van der Waals surface area contributed by atoms with Gasteiger partial charge in [0.15, 0.2) is 0 Å².